The van der Waals surface area contributed by atoms with E-state index in [2.05, 4.69) is 116 Å². The van der Waals surface area contributed by atoms with Crippen LogP contribution in [0, 0.1) is 0 Å². The van der Waals surface area contributed by atoms with E-state index in [1.54, 1.807) is 6.08 Å². The van der Waals surface area contributed by atoms with Crippen LogP contribution < -0.4 is 5.32 Å². The molecule has 3 fully saturated rings. The molecule has 3 saturated heterocycles. The molecule has 17 atom stereocenters. The second-order valence-corrected chi connectivity index (χ2v) is 27.8. The first kappa shape index (κ1) is 91.7. The molecule has 0 aromatic carbocycles. The van der Waals surface area contributed by atoms with E-state index in [1.807, 2.05) is 6.08 Å². The van der Waals surface area contributed by atoms with E-state index in [4.69, 9.17) is 28.4 Å². The molecule has 0 aromatic heterocycles. The number of unbranched alkanes of at least 4 members (excludes halogenated alkanes) is 29. The molecular formula is C82H141NO18. The first-order chi connectivity index (χ1) is 49.3. The maximum absolute atomic E-state index is 13.4. The number of rotatable bonds is 61. The lowest BCUT2D eigenvalue weighted by Gasteiger charge is -2.48. The predicted octanol–water partition coefficient (Wildman–Crippen LogP) is 12.9. The zero-order chi connectivity index (χ0) is 73.2. The Bertz CT molecular complexity index is 2250. The normalized spacial score (nSPS) is 26.9. The highest BCUT2D eigenvalue weighted by Crippen LogP contribution is 2.33. The molecule has 0 radical (unpaired) electrons. The van der Waals surface area contributed by atoms with Crippen molar-refractivity contribution in [1.82, 2.24) is 5.32 Å². The Morgan fingerprint density at radius 1 is 0.366 bits per heavy atom. The second-order valence-electron chi connectivity index (χ2n) is 27.8. The van der Waals surface area contributed by atoms with E-state index >= 15 is 0 Å². The number of nitrogens with one attached hydrogen (secondary N) is 1. The van der Waals surface area contributed by atoms with Crippen LogP contribution in [0.4, 0.5) is 0 Å². The van der Waals surface area contributed by atoms with Crippen LogP contribution >= 0.6 is 0 Å². The van der Waals surface area contributed by atoms with Crippen molar-refractivity contribution in [2.24, 2.45) is 0 Å². The Kier molecular flexibility index (Phi) is 55.9. The smallest absolute Gasteiger partial charge is 0.220 e. The zero-order valence-electron chi connectivity index (χ0n) is 62.1. The summed E-state index contributed by atoms with van der Waals surface area (Å²) in [7, 11) is 0. The van der Waals surface area contributed by atoms with Gasteiger partial charge in [-0.3, -0.25) is 4.79 Å². The standard InChI is InChI=1S/C82H141NO18/c1-3-5-7-9-11-13-15-17-19-21-23-25-27-29-30-31-32-33-34-36-37-39-41-43-45-47-49-51-53-55-57-59-66(87)65(83-70(88)60-58-56-54-52-50-48-46-44-42-40-38-35-28-26-24-22-20-18-16-14-12-10-8-6-4-2)64-96-80-76(94)73(91)78(68(62-85)98-80)101-82-77(95)74(92)79(69(63-86)99-82)100-81-75(93)72(90)71(89)67(61-84)97-81/h6,8,12,14,18,20,24,26,35,38,42,44,48-51,57,59,65-69,71-82,84-87,89-95H,3-5,7,9-11,13,15-17,19,21-23,25,27-34,36-37,39-41,43,45-47,52-56,58,60-64H2,1-2H3,(H,83,88)/b8-6-,14-12-,20-18-,26-24-,38-35-,44-42-,50-48-,51-49+,59-57+. The molecule has 19 nitrogen and oxygen atoms in total. The van der Waals surface area contributed by atoms with Crippen molar-refractivity contribution in [3.8, 4) is 0 Å². The summed E-state index contributed by atoms with van der Waals surface area (Å²) in [6.07, 6.45) is 57.9. The van der Waals surface area contributed by atoms with Crippen molar-refractivity contribution >= 4 is 5.91 Å². The van der Waals surface area contributed by atoms with Crippen LogP contribution in [0.1, 0.15) is 271 Å². The Morgan fingerprint density at radius 2 is 0.693 bits per heavy atom. The largest absolute Gasteiger partial charge is 0.394 e. The van der Waals surface area contributed by atoms with Gasteiger partial charge in [-0.05, 0) is 89.9 Å². The van der Waals surface area contributed by atoms with Crippen molar-refractivity contribution in [3.05, 3.63) is 109 Å². The van der Waals surface area contributed by atoms with Crippen LogP contribution in [0.3, 0.4) is 0 Å². The Morgan fingerprint density at radius 3 is 1.11 bits per heavy atom. The maximum atomic E-state index is 13.4. The lowest BCUT2D eigenvalue weighted by atomic mass is 9.96. The SMILES string of the molecule is CC/C=C\C/C=C\C/C=C\C/C=C\C/C=C\C/C=C\C/C=C\CCCCCC(=O)NC(COC1OC(CO)C(OC2OC(CO)C(OC3OC(CO)C(O)C(O)C3O)C(O)C2O)C(O)C1O)C(O)/C=C/CC/C=C/CCCCCCCCCCCCCCCCCCCCCCCCCCC. The van der Waals surface area contributed by atoms with E-state index < -0.39 is 124 Å². The van der Waals surface area contributed by atoms with E-state index in [0.29, 0.717) is 12.8 Å². The minimum Gasteiger partial charge on any atom is -0.394 e. The maximum Gasteiger partial charge on any atom is 0.220 e. The fourth-order valence-electron chi connectivity index (χ4n) is 12.7. The van der Waals surface area contributed by atoms with Gasteiger partial charge in [-0.1, -0.05) is 284 Å². The molecule has 0 aliphatic carbocycles. The van der Waals surface area contributed by atoms with Crippen LogP contribution in [-0.4, -0.2) is 193 Å². The van der Waals surface area contributed by atoms with Crippen molar-refractivity contribution in [3.63, 3.8) is 0 Å². The van der Waals surface area contributed by atoms with Crippen LogP contribution in [0.25, 0.3) is 0 Å². The minimum absolute atomic E-state index is 0.189. The fraction of sp³-hybridized carbons (Fsp3) is 0.768. The van der Waals surface area contributed by atoms with Crippen molar-refractivity contribution in [1.29, 1.82) is 0 Å². The predicted molar refractivity (Wildman–Crippen MR) is 401 cm³/mol. The molecular weight excluding hydrogens is 1290 g/mol. The van der Waals surface area contributed by atoms with Crippen molar-refractivity contribution < 1.29 is 89.4 Å². The van der Waals surface area contributed by atoms with Crippen LogP contribution in [0.2, 0.25) is 0 Å². The van der Waals surface area contributed by atoms with Gasteiger partial charge in [0.2, 0.25) is 5.91 Å². The summed E-state index contributed by atoms with van der Waals surface area (Å²) in [4.78, 5) is 13.4. The molecule has 19 heteroatoms. The van der Waals surface area contributed by atoms with Gasteiger partial charge >= 0.3 is 0 Å². The highest BCUT2D eigenvalue weighted by Gasteiger charge is 2.53. The topological polar surface area (TPSA) is 307 Å². The number of carbonyl (C=O) groups excluding carboxylic acids is 1. The number of ether oxygens (including phenoxy) is 6. The molecule has 3 aliphatic heterocycles. The van der Waals surface area contributed by atoms with Gasteiger partial charge < -0.3 is 89.9 Å². The number of hydrogen-bond donors (Lipinski definition) is 12. The summed E-state index contributed by atoms with van der Waals surface area (Å²) in [5.74, 6) is -0.319. The molecule has 1 amide bonds. The van der Waals surface area contributed by atoms with Gasteiger partial charge in [-0.2, -0.15) is 0 Å². The Balaban J connectivity index is 1.41. The molecule has 3 rings (SSSR count). The van der Waals surface area contributed by atoms with Gasteiger partial charge in [0.05, 0.1) is 38.6 Å². The molecule has 0 bridgehead atoms. The average Bonchev–Trinajstić information content (AvgIpc) is 0.782. The molecule has 582 valence electrons. The molecule has 0 saturated carbocycles. The molecule has 0 spiro atoms. The van der Waals surface area contributed by atoms with Crippen LogP contribution in [0.5, 0.6) is 0 Å². The van der Waals surface area contributed by atoms with E-state index in [-0.39, 0.29) is 18.9 Å². The van der Waals surface area contributed by atoms with E-state index in [1.165, 1.54) is 154 Å². The third-order valence-corrected chi connectivity index (χ3v) is 19.1. The average molecular weight is 1430 g/mol. The van der Waals surface area contributed by atoms with Crippen molar-refractivity contribution in [2.75, 3.05) is 26.4 Å². The summed E-state index contributed by atoms with van der Waals surface area (Å²) in [5, 5.41) is 121. The zero-order valence-corrected chi connectivity index (χ0v) is 62.1. The van der Waals surface area contributed by atoms with E-state index in [0.717, 1.165) is 83.5 Å². The minimum atomic E-state index is -1.99. The van der Waals surface area contributed by atoms with Gasteiger partial charge in [0, 0.05) is 6.42 Å². The van der Waals surface area contributed by atoms with Crippen molar-refractivity contribution in [2.45, 2.75) is 375 Å². The number of aliphatic hydroxyl groups excluding tert-OH is 11. The second kappa shape index (κ2) is 61.6. The highest BCUT2D eigenvalue weighted by molar-refractivity contribution is 5.76. The molecule has 3 aliphatic rings. The summed E-state index contributed by atoms with van der Waals surface area (Å²) < 4.78 is 34.4. The summed E-state index contributed by atoms with van der Waals surface area (Å²) in [5.41, 5.74) is 0. The van der Waals surface area contributed by atoms with Gasteiger partial charge in [0.25, 0.3) is 0 Å². The van der Waals surface area contributed by atoms with Crippen LogP contribution in [-0.2, 0) is 33.2 Å². The van der Waals surface area contributed by atoms with Crippen LogP contribution in [0.15, 0.2) is 109 Å². The number of amides is 1. The van der Waals surface area contributed by atoms with Gasteiger partial charge in [-0.15, -0.1) is 0 Å². The Hall–Kier alpha value is -3.55. The van der Waals surface area contributed by atoms with E-state index in [9.17, 15) is 61.0 Å². The summed E-state index contributed by atoms with van der Waals surface area (Å²) in [6, 6.07) is -1.02. The lowest BCUT2D eigenvalue weighted by molar-refractivity contribution is -0.379. The van der Waals surface area contributed by atoms with Gasteiger partial charge in [0.15, 0.2) is 18.9 Å². The highest BCUT2D eigenvalue weighted by atomic mass is 16.8. The monoisotopic (exact) mass is 1430 g/mol. The summed E-state index contributed by atoms with van der Waals surface area (Å²) in [6.45, 7) is 1.59. The number of hydrogen-bond acceptors (Lipinski definition) is 18. The first-order valence-corrected chi connectivity index (χ1v) is 39.6. The number of allylic oxidation sites excluding steroid dienone is 17. The molecule has 12 N–H and O–H groups in total. The molecule has 0 aromatic rings. The third-order valence-electron chi connectivity index (χ3n) is 19.1. The summed E-state index contributed by atoms with van der Waals surface area (Å²) >= 11 is 0. The molecule has 3 heterocycles. The third kappa shape index (κ3) is 41.8. The molecule has 17 unspecified atom stereocenters. The fourth-order valence-corrected chi connectivity index (χ4v) is 12.7. The quantitative estimate of drug-likeness (QED) is 0.0199. The Labute approximate surface area is 608 Å². The van der Waals surface area contributed by atoms with Gasteiger partial charge in [0.1, 0.15) is 73.2 Å². The molecule has 101 heavy (non-hydrogen) atoms. The number of carbonyl (C=O) groups is 1. The number of aliphatic hydroxyl groups is 11. The van der Waals surface area contributed by atoms with Gasteiger partial charge in [-0.25, -0.2) is 0 Å². The first-order valence-electron chi connectivity index (χ1n) is 39.6. The lowest BCUT2D eigenvalue weighted by Crippen LogP contribution is -2.66.